The van der Waals surface area contributed by atoms with Crippen molar-refractivity contribution in [2.24, 2.45) is 0 Å². The van der Waals surface area contributed by atoms with Crippen LogP contribution in [0, 0.1) is 0 Å². The van der Waals surface area contributed by atoms with Crippen LogP contribution in [0.15, 0.2) is 11.8 Å². The number of aliphatic hydroxyl groups excluding tert-OH is 1. The van der Waals surface area contributed by atoms with E-state index in [4.69, 9.17) is 9.84 Å². The first-order valence-corrected chi connectivity index (χ1v) is 8.69. The summed E-state index contributed by atoms with van der Waals surface area (Å²) in [6.07, 6.45) is 15.7. The lowest BCUT2D eigenvalue weighted by atomic mass is 10.1. The van der Waals surface area contributed by atoms with E-state index in [0.717, 1.165) is 44.3 Å². The van der Waals surface area contributed by atoms with Crippen molar-refractivity contribution < 1.29 is 14.6 Å². The van der Waals surface area contributed by atoms with Gasteiger partial charge < -0.3 is 9.84 Å². The quantitative estimate of drug-likeness (QED) is 0.275. The van der Waals surface area contributed by atoms with Gasteiger partial charge >= 0.3 is 5.97 Å². The van der Waals surface area contributed by atoms with Gasteiger partial charge in [0.15, 0.2) is 0 Å². The average Bonchev–Trinajstić information content (AvgIpc) is 2.45. The summed E-state index contributed by atoms with van der Waals surface area (Å²) in [4.78, 5) is 11.1. The van der Waals surface area contributed by atoms with Gasteiger partial charge in [-0.25, -0.2) is 0 Å². The fourth-order valence-electron chi connectivity index (χ4n) is 2.33. The molecule has 0 amide bonds. The highest BCUT2D eigenvalue weighted by molar-refractivity contribution is 5.67. The summed E-state index contributed by atoms with van der Waals surface area (Å²) in [6.45, 7) is 3.96. The topological polar surface area (TPSA) is 46.5 Å². The summed E-state index contributed by atoms with van der Waals surface area (Å²) in [5.74, 6) is 0.611. The van der Waals surface area contributed by atoms with E-state index in [1.165, 1.54) is 45.4 Å². The first-order chi connectivity index (χ1) is 10.2. The van der Waals surface area contributed by atoms with Crippen molar-refractivity contribution in [3.05, 3.63) is 11.8 Å². The maximum atomic E-state index is 11.1. The monoisotopic (exact) mass is 298 g/mol. The van der Waals surface area contributed by atoms with Crippen molar-refractivity contribution in [3.8, 4) is 0 Å². The highest BCUT2D eigenvalue weighted by Crippen LogP contribution is 2.14. The zero-order valence-electron chi connectivity index (χ0n) is 14.0. The number of rotatable bonds is 14. The Morgan fingerprint density at radius 2 is 1.57 bits per heavy atom. The molecule has 0 aliphatic carbocycles. The van der Waals surface area contributed by atoms with Crippen LogP contribution in [0.2, 0.25) is 0 Å². The van der Waals surface area contributed by atoms with Crippen LogP contribution in [-0.4, -0.2) is 17.7 Å². The minimum atomic E-state index is -0.223. The summed E-state index contributed by atoms with van der Waals surface area (Å²) < 4.78 is 5.27. The number of unbranched alkanes of at least 4 members (excludes halogenated alkanes) is 9. The minimum Gasteiger partial charge on any atom is -0.432 e. The molecule has 0 fully saturated rings. The first kappa shape index (κ1) is 20.2. The number of hydrogen-bond donors (Lipinski definition) is 1. The minimum absolute atomic E-state index is 0.223. The Kier molecular flexibility index (Phi) is 14.9. The number of ether oxygens (including phenoxy) is 1. The Morgan fingerprint density at radius 1 is 0.952 bits per heavy atom. The van der Waals surface area contributed by atoms with Crippen LogP contribution in [0.25, 0.3) is 0 Å². The van der Waals surface area contributed by atoms with Gasteiger partial charge in [-0.3, -0.25) is 4.79 Å². The van der Waals surface area contributed by atoms with E-state index in [-0.39, 0.29) is 12.6 Å². The molecule has 0 radical (unpaired) electrons. The molecule has 124 valence electrons. The number of aliphatic hydroxyl groups is 1. The van der Waals surface area contributed by atoms with E-state index in [2.05, 4.69) is 13.0 Å². The zero-order valence-corrected chi connectivity index (χ0v) is 14.0. The molecule has 0 atom stereocenters. The largest absolute Gasteiger partial charge is 0.432 e. The zero-order chi connectivity index (χ0) is 15.8. The molecule has 1 N–H and O–H groups in total. The summed E-state index contributed by atoms with van der Waals surface area (Å²) in [7, 11) is 0. The fraction of sp³-hybridized carbons (Fsp3) is 0.833. The lowest BCUT2D eigenvalue weighted by Crippen LogP contribution is -1.99. The van der Waals surface area contributed by atoms with Gasteiger partial charge in [-0.2, -0.15) is 0 Å². The van der Waals surface area contributed by atoms with Crippen LogP contribution in [0.5, 0.6) is 0 Å². The van der Waals surface area contributed by atoms with Crippen LogP contribution in [-0.2, 0) is 9.53 Å². The number of esters is 1. The Morgan fingerprint density at radius 3 is 2.24 bits per heavy atom. The van der Waals surface area contributed by atoms with Gasteiger partial charge in [0.05, 0.1) is 0 Å². The molecule has 0 spiro atoms. The van der Waals surface area contributed by atoms with E-state index < -0.39 is 0 Å². The fourth-order valence-corrected chi connectivity index (χ4v) is 2.33. The third-order valence-corrected chi connectivity index (χ3v) is 3.54. The van der Waals surface area contributed by atoms with Crippen LogP contribution in [0.4, 0.5) is 0 Å². The number of carbonyl (C=O) groups is 1. The highest BCUT2D eigenvalue weighted by Gasteiger charge is 2.02. The molecular weight excluding hydrogens is 264 g/mol. The van der Waals surface area contributed by atoms with E-state index in [9.17, 15) is 4.79 Å². The second-order valence-electron chi connectivity index (χ2n) is 5.71. The molecule has 3 nitrogen and oxygen atoms in total. The standard InChI is InChI=1S/C18H34O3/c1-3-4-5-6-7-8-11-14-18(21-17(2)20)15-12-9-10-13-16-19/h14,19H,3-13,15-16H2,1-2H3. The number of hydrogen-bond acceptors (Lipinski definition) is 3. The van der Waals surface area contributed by atoms with Gasteiger partial charge in [0.2, 0.25) is 0 Å². The summed E-state index contributed by atoms with van der Waals surface area (Å²) in [5, 5.41) is 8.73. The van der Waals surface area contributed by atoms with Crippen LogP contribution < -0.4 is 0 Å². The molecule has 21 heavy (non-hydrogen) atoms. The molecule has 0 saturated carbocycles. The van der Waals surface area contributed by atoms with Crippen molar-refractivity contribution in [2.45, 2.75) is 90.9 Å². The van der Waals surface area contributed by atoms with Gasteiger partial charge in [0.25, 0.3) is 0 Å². The van der Waals surface area contributed by atoms with Gasteiger partial charge in [0.1, 0.15) is 5.76 Å². The Bertz CT molecular complexity index is 272. The molecular formula is C18H34O3. The van der Waals surface area contributed by atoms with Crippen molar-refractivity contribution in [2.75, 3.05) is 6.61 Å². The Balaban J connectivity index is 3.81. The molecule has 0 aromatic carbocycles. The smallest absolute Gasteiger partial charge is 0.307 e. The SMILES string of the molecule is CCCCCCCCC=C(CCCCCCO)OC(C)=O. The molecule has 0 aliphatic rings. The van der Waals surface area contributed by atoms with Crippen LogP contribution in [0.1, 0.15) is 90.9 Å². The molecule has 0 rings (SSSR count). The van der Waals surface area contributed by atoms with E-state index in [0.29, 0.717) is 0 Å². The van der Waals surface area contributed by atoms with E-state index >= 15 is 0 Å². The first-order valence-electron chi connectivity index (χ1n) is 8.69. The lowest BCUT2D eigenvalue weighted by Gasteiger charge is -2.07. The second kappa shape index (κ2) is 15.6. The van der Waals surface area contributed by atoms with Gasteiger partial charge in [-0.15, -0.1) is 0 Å². The van der Waals surface area contributed by atoms with Crippen molar-refractivity contribution >= 4 is 5.97 Å². The van der Waals surface area contributed by atoms with Crippen LogP contribution >= 0.6 is 0 Å². The third kappa shape index (κ3) is 15.4. The molecule has 0 bridgehead atoms. The molecule has 3 heteroatoms. The van der Waals surface area contributed by atoms with E-state index in [1.54, 1.807) is 0 Å². The molecule has 0 aromatic rings. The second-order valence-corrected chi connectivity index (χ2v) is 5.71. The number of allylic oxidation sites excluding steroid dienone is 2. The molecule has 0 saturated heterocycles. The average molecular weight is 298 g/mol. The van der Waals surface area contributed by atoms with E-state index in [1.807, 2.05) is 0 Å². The van der Waals surface area contributed by atoms with Gasteiger partial charge in [-0.1, -0.05) is 51.9 Å². The summed E-state index contributed by atoms with van der Waals surface area (Å²) in [6, 6.07) is 0. The Hall–Kier alpha value is -0.830. The maximum Gasteiger partial charge on any atom is 0.307 e. The maximum absolute atomic E-state index is 11.1. The molecule has 0 unspecified atom stereocenters. The normalized spacial score (nSPS) is 11.7. The van der Waals surface area contributed by atoms with Gasteiger partial charge in [-0.05, 0) is 31.8 Å². The van der Waals surface area contributed by atoms with Crippen molar-refractivity contribution in [3.63, 3.8) is 0 Å². The predicted octanol–water partition coefficient (Wildman–Crippen LogP) is 5.13. The molecule has 0 aromatic heterocycles. The van der Waals surface area contributed by atoms with Crippen molar-refractivity contribution in [1.82, 2.24) is 0 Å². The lowest BCUT2D eigenvalue weighted by molar-refractivity contribution is -0.137. The highest BCUT2D eigenvalue weighted by atomic mass is 16.5. The molecule has 0 aliphatic heterocycles. The Labute approximate surface area is 130 Å². The van der Waals surface area contributed by atoms with Gasteiger partial charge in [0, 0.05) is 20.0 Å². The summed E-state index contributed by atoms with van der Waals surface area (Å²) in [5.41, 5.74) is 0. The predicted molar refractivity (Wildman–Crippen MR) is 88.0 cm³/mol. The number of carbonyl (C=O) groups excluding carboxylic acids is 1. The van der Waals surface area contributed by atoms with Crippen LogP contribution in [0.3, 0.4) is 0 Å². The third-order valence-electron chi connectivity index (χ3n) is 3.54. The van der Waals surface area contributed by atoms with Crippen molar-refractivity contribution in [1.29, 1.82) is 0 Å². The molecule has 0 heterocycles. The summed E-state index contributed by atoms with van der Waals surface area (Å²) >= 11 is 0.